The molecule has 0 aliphatic rings. The Morgan fingerprint density at radius 2 is 2.31 bits per heavy atom. The van der Waals surface area contributed by atoms with Crippen LogP contribution in [0.2, 0.25) is 0 Å². The summed E-state index contributed by atoms with van der Waals surface area (Å²) in [5.74, 6) is 0. The van der Waals surface area contributed by atoms with Gasteiger partial charge in [0.25, 0.3) is 6.43 Å². The monoisotopic (exact) mass is 182 g/mol. The van der Waals surface area contributed by atoms with E-state index in [1.807, 2.05) is 6.07 Å². The maximum Gasteiger partial charge on any atom is 0.264 e. The highest BCUT2D eigenvalue weighted by Gasteiger charge is 2.12. The summed E-state index contributed by atoms with van der Waals surface area (Å²) in [5.41, 5.74) is 0.805. The normalized spacial score (nSPS) is 10.1. The van der Waals surface area contributed by atoms with Gasteiger partial charge in [0.15, 0.2) is 0 Å². The molecule has 0 spiro atoms. The molecule has 13 heavy (non-hydrogen) atoms. The molecule has 0 aromatic carbocycles. The number of rotatable bonds is 2. The Bertz CT molecular complexity index is 342. The van der Waals surface area contributed by atoms with Crippen molar-refractivity contribution in [3.8, 4) is 6.07 Å². The third kappa shape index (κ3) is 2.00. The van der Waals surface area contributed by atoms with Crippen LogP contribution in [0.15, 0.2) is 12.3 Å². The summed E-state index contributed by atoms with van der Waals surface area (Å²) in [6, 6.07) is 3.16. The van der Waals surface area contributed by atoms with Gasteiger partial charge < -0.3 is 0 Å². The van der Waals surface area contributed by atoms with E-state index in [-0.39, 0.29) is 12.0 Å². The Morgan fingerprint density at radius 3 is 2.85 bits per heavy atom. The number of nitrogens with zero attached hydrogens (tertiary/aromatic N) is 2. The molecule has 0 N–H and O–H groups in total. The summed E-state index contributed by atoms with van der Waals surface area (Å²) in [4.78, 5) is 3.86. The van der Waals surface area contributed by atoms with Crippen LogP contribution in [0.1, 0.15) is 23.2 Å². The smallest absolute Gasteiger partial charge is 0.260 e. The van der Waals surface area contributed by atoms with Crippen molar-refractivity contribution in [2.24, 2.45) is 0 Å². The summed E-state index contributed by atoms with van der Waals surface area (Å²) in [6.45, 7) is 1.56. The fourth-order valence-corrected chi connectivity index (χ4v) is 1.09. The zero-order valence-electron chi connectivity index (χ0n) is 7.09. The first-order valence-corrected chi connectivity index (χ1v) is 3.76. The van der Waals surface area contributed by atoms with E-state index in [4.69, 9.17) is 5.26 Å². The molecule has 68 valence electrons. The molecule has 0 bridgehead atoms. The number of hydrogen-bond donors (Lipinski definition) is 0. The van der Waals surface area contributed by atoms with Crippen LogP contribution in [-0.4, -0.2) is 4.98 Å². The molecule has 0 saturated carbocycles. The topological polar surface area (TPSA) is 36.7 Å². The highest BCUT2D eigenvalue weighted by molar-refractivity contribution is 5.30. The van der Waals surface area contributed by atoms with Gasteiger partial charge in [-0.25, -0.2) is 8.78 Å². The minimum Gasteiger partial charge on any atom is -0.260 e. The van der Waals surface area contributed by atoms with Gasteiger partial charge in [-0.15, -0.1) is 0 Å². The summed E-state index contributed by atoms with van der Waals surface area (Å²) in [6.07, 6.45) is -1.12. The molecule has 4 heteroatoms. The van der Waals surface area contributed by atoms with Crippen LogP contribution in [0.3, 0.4) is 0 Å². The SMILES string of the molecule is Cc1c(C(F)F)ccnc1CC#N. The van der Waals surface area contributed by atoms with Gasteiger partial charge in [-0.1, -0.05) is 0 Å². The van der Waals surface area contributed by atoms with E-state index in [1.54, 1.807) is 6.92 Å². The van der Waals surface area contributed by atoms with Crippen LogP contribution in [0, 0.1) is 18.3 Å². The zero-order valence-corrected chi connectivity index (χ0v) is 7.09. The van der Waals surface area contributed by atoms with Crippen molar-refractivity contribution in [3.05, 3.63) is 29.1 Å². The van der Waals surface area contributed by atoms with Gasteiger partial charge in [0.1, 0.15) is 0 Å². The lowest BCUT2D eigenvalue weighted by Crippen LogP contribution is -1.98. The van der Waals surface area contributed by atoms with E-state index < -0.39 is 6.43 Å². The Morgan fingerprint density at radius 1 is 1.62 bits per heavy atom. The molecule has 1 aromatic rings. The van der Waals surface area contributed by atoms with Gasteiger partial charge in [0, 0.05) is 11.8 Å². The maximum absolute atomic E-state index is 12.3. The van der Waals surface area contributed by atoms with Crippen molar-refractivity contribution in [1.29, 1.82) is 5.26 Å². The summed E-state index contributed by atoms with van der Waals surface area (Å²) < 4.78 is 24.7. The quantitative estimate of drug-likeness (QED) is 0.704. The molecule has 0 saturated heterocycles. The largest absolute Gasteiger partial charge is 0.264 e. The molecule has 0 aliphatic heterocycles. The van der Waals surface area contributed by atoms with Gasteiger partial charge in [-0.05, 0) is 18.6 Å². The molecule has 1 aromatic heterocycles. The fourth-order valence-electron chi connectivity index (χ4n) is 1.09. The van der Waals surface area contributed by atoms with Crippen molar-refractivity contribution in [3.63, 3.8) is 0 Å². The van der Waals surface area contributed by atoms with Crippen molar-refractivity contribution >= 4 is 0 Å². The van der Waals surface area contributed by atoms with E-state index in [9.17, 15) is 8.78 Å². The highest BCUT2D eigenvalue weighted by Crippen LogP contribution is 2.23. The number of alkyl halides is 2. The van der Waals surface area contributed by atoms with Crippen LogP contribution in [0.5, 0.6) is 0 Å². The average Bonchev–Trinajstić information content (AvgIpc) is 2.08. The predicted molar refractivity (Wildman–Crippen MR) is 43.2 cm³/mol. The Balaban J connectivity index is 3.12. The molecule has 1 heterocycles. The van der Waals surface area contributed by atoms with Crippen LogP contribution in [0.4, 0.5) is 8.78 Å². The molecular weight excluding hydrogens is 174 g/mol. The van der Waals surface area contributed by atoms with Gasteiger partial charge in [0.2, 0.25) is 0 Å². The summed E-state index contributed by atoms with van der Waals surface area (Å²) >= 11 is 0. The first kappa shape index (κ1) is 9.59. The molecular formula is C9H8F2N2. The lowest BCUT2D eigenvalue weighted by molar-refractivity contribution is 0.150. The lowest BCUT2D eigenvalue weighted by Gasteiger charge is -2.06. The van der Waals surface area contributed by atoms with Crippen LogP contribution in [-0.2, 0) is 6.42 Å². The minimum absolute atomic E-state index is 0.0414. The summed E-state index contributed by atoms with van der Waals surface area (Å²) in [7, 11) is 0. The molecule has 0 aliphatic carbocycles. The van der Waals surface area contributed by atoms with Gasteiger partial charge in [0.05, 0.1) is 18.2 Å². The number of pyridine rings is 1. The van der Waals surface area contributed by atoms with Crippen molar-refractivity contribution < 1.29 is 8.78 Å². The lowest BCUT2D eigenvalue weighted by atomic mass is 10.1. The van der Waals surface area contributed by atoms with E-state index >= 15 is 0 Å². The van der Waals surface area contributed by atoms with E-state index in [1.165, 1.54) is 12.3 Å². The second-order valence-electron chi connectivity index (χ2n) is 2.61. The first-order chi connectivity index (χ1) is 6.16. The number of halogens is 2. The zero-order chi connectivity index (χ0) is 9.84. The van der Waals surface area contributed by atoms with Crippen molar-refractivity contribution in [1.82, 2.24) is 4.98 Å². The van der Waals surface area contributed by atoms with Crippen LogP contribution >= 0.6 is 0 Å². The van der Waals surface area contributed by atoms with Crippen molar-refractivity contribution in [2.75, 3.05) is 0 Å². The Hall–Kier alpha value is -1.50. The molecule has 1 rings (SSSR count). The van der Waals surface area contributed by atoms with Crippen LogP contribution in [0.25, 0.3) is 0 Å². The third-order valence-electron chi connectivity index (χ3n) is 1.83. The van der Waals surface area contributed by atoms with Gasteiger partial charge in [-0.3, -0.25) is 4.98 Å². The predicted octanol–water partition coefficient (Wildman–Crippen LogP) is 2.39. The van der Waals surface area contributed by atoms with Gasteiger partial charge >= 0.3 is 0 Å². The van der Waals surface area contributed by atoms with Crippen LogP contribution < -0.4 is 0 Å². The highest BCUT2D eigenvalue weighted by atomic mass is 19.3. The molecule has 0 amide bonds. The number of nitriles is 1. The molecule has 0 unspecified atom stereocenters. The van der Waals surface area contributed by atoms with E-state index in [0.717, 1.165) is 0 Å². The Kier molecular flexibility index (Phi) is 2.91. The molecule has 0 atom stereocenters. The number of aromatic nitrogens is 1. The van der Waals surface area contributed by atoms with Crippen molar-refractivity contribution in [2.45, 2.75) is 19.8 Å². The second-order valence-corrected chi connectivity index (χ2v) is 2.61. The third-order valence-corrected chi connectivity index (χ3v) is 1.83. The summed E-state index contributed by atoms with van der Waals surface area (Å²) in [5, 5.41) is 8.40. The standard InChI is InChI=1S/C9H8F2N2/c1-6-7(9(10)11)3-5-13-8(6)2-4-12/h3,5,9H,2H2,1H3. The Labute approximate surface area is 74.8 Å². The molecule has 0 fully saturated rings. The first-order valence-electron chi connectivity index (χ1n) is 3.76. The minimum atomic E-state index is -2.50. The maximum atomic E-state index is 12.3. The fraction of sp³-hybridized carbons (Fsp3) is 0.333. The second kappa shape index (κ2) is 3.94. The van der Waals surface area contributed by atoms with E-state index in [2.05, 4.69) is 4.98 Å². The van der Waals surface area contributed by atoms with Gasteiger partial charge in [-0.2, -0.15) is 5.26 Å². The molecule has 2 nitrogen and oxygen atoms in total. The number of hydrogen-bond acceptors (Lipinski definition) is 2. The molecule has 0 radical (unpaired) electrons. The average molecular weight is 182 g/mol. The van der Waals surface area contributed by atoms with E-state index in [0.29, 0.717) is 11.3 Å².